The van der Waals surface area contributed by atoms with E-state index in [0.717, 1.165) is 26.2 Å². The van der Waals surface area contributed by atoms with Crippen molar-refractivity contribution in [3.63, 3.8) is 0 Å². The van der Waals surface area contributed by atoms with Crippen molar-refractivity contribution < 1.29 is 9.90 Å². The van der Waals surface area contributed by atoms with E-state index in [0.29, 0.717) is 6.04 Å². The summed E-state index contributed by atoms with van der Waals surface area (Å²) in [6.07, 6.45) is 2.66. The average molecular weight is 241 g/mol. The second-order valence-electron chi connectivity index (χ2n) is 5.60. The molecule has 0 bridgehead atoms. The van der Waals surface area contributed by atoms with Crippen molar-refractivity contribution in [2.24, 2.45) is 0 Å². The maximum atomic E-state index is 11.0. The molecule has 17 heavy (non-hydrogen) atoms. The Kier molecular flexibility index (Phi) is 3.70. The van der Waals surface area contributed by atoms with Gasteiger partial charge in [-0.2, -0.15) is 0 Å². The molecular weight excluding hydrogens is 218 g/mol. The van der Waals surface area contributed by atoms with Crippen molar-refractivity contribution in [3.8, 4) is 0 Å². The fourth-order valence-electron chi connectivity index (χ4n) is 2.96. The predicted molar refractivity (Wildman–Crippen MR) is 66.1 cm³/mol. The number of hydrogen-bond acceptors (Lipinski definition) is 4. The minimum absolute atomic E-state index is 0.124. The molecule has 2 saturated heterocycles. The molecule has 0 aliphatic carbocycles. The average Bonchev–Trinajstić information content (AvgIpc) is 2.23. The molecule has 0 saturated carbocycles. The van der Waals surface area contributed by atoms with Gasteiger partial charge in [0.05, 0.1) is 12.0 Å². The van der Waals surface area contributed by atoms with Gasteiger partial charge in [-0.15, -0.1) is 0 Å². The first-order valence-corrected chi connectivity index (χ1v) is 6.37. The highest BCUT2D eigenvalue weighted by atomic mass is 16.4. The number of aliphatic carboxylic acids is 1. The molecule has 1 unspecified atom stereocenters. The van der Waals surface area contributed by atoms with Crippen LogP contribution in [0.4, 0.5) is 0 Å². The molecule has 0 amide bonds. The molecular formula is C12H23N3O2. The van der Waals surface area contributed by atoms with Crippen LogP contribution in [0.15, 0.2) is 0 Å². The Hall–Kier alpha value is -0.650. The van der Waals surface area contributed by atoms with Gasteiger partial charge in [0.2, 0.25) is 0 Å². The second kappa shape index (κ2) is 4.92. The van der Waals surface area contributed by atoms with Crippen molar-refractivity contribution >= 4 is 5.97 Å². The van der Waals surface area contributed by atoms with Crippen LogP contribution in [0.2, 0.25) is 0 Å². The Morgan fingerprint density at radius 2 is 2.24 bits per heavy atom. The normalized spacial score (nSPS) is 29.0. The van der Waals surface area contributed by atoms with Gasteiger partial charge >= 0.3 is 5.97 Å². The molecule has 2 fully saturated rings. The van der Waals surface area contributed by atoms with Crippen LogP contribution in [0, 0.1) is 0 Å². The first-order chi connectivity index (χ1) is 8.03. The van der Waals surface area contributed by atoms with E-state index in [9.17, 15) is 4.79 Å². The molecule has 0 aromatic carbocycles. The lowest BCUT2D eigenvalue weighted by molar-refractivity contribution is -0.142. The van der Waals surface area contributed by atoms with Crippen molar-refractivity contribution in [1.29, 1.82) is 0 Å². The fraction of sp³-hybridized carbons (Fsp3) is 0.917. The van der Waals surface area contributed by atoms with Crippen LogP contribution in [-0.4, -0.2) is 72.7 Å². The lowest BCUT2D eigenvalue weighted by atomic mass is 9.84. The standard InChI is InChI=1S/C12H23N3O2/c1-14(2)10-4-3-5-15(7-10)12(6-11(16)17)8-13-9-12/h10,13H,3-9H2,1-2H3,(H,16,17). The Bertz CT molecular complexity index is 289. The van der Waals surface area contributed by atoms with Gasteiger partial charge in [-0.1, -0.05) is 0 Å². The predicted octanol–water partition coefficient (Wildman–Crippen LogP) is -0.171. The van der Waals surface area contributed by atoms with Crippen molar-refractivity contribution in [3.05, 3.63) is 0 Å². The molecule has 0 spiro atoms. The lowest BCUT2D eigenvalue weighted by Crippen LogP contribution is -2.71. The molecule has 2 aliphatic rings. The number of likely N-dealkylation sites (N-methyl/N-ethyl adjacent to an activating group) is 1. The van der Waals surface area contributed by atoms with Crippen LogP contribution in [0.1, 0.15) is 19.3 Å². The van der Waals surface area contributed by atoms with Crippen LogP contribution >= 0.6 is 0 Å². The Labute approximate surface area is 103 Å². The van der Waals surface area contributed by atoms with E-state index in [2.05, 4.69) is 29.2 Å². The highest BCUT2D eigenvalue weighted by molar-refractivity contribution is 5.68. The number of rotatable bonds is 4. The van der Waals surface area contributed by atoms with E-state index in [1.54, 1.807) is 0 Å². The minimum atomic E-state index is -0.682. The quantitative estimate of drug-likeness (QED) is 0.715. The van der Waals surface area contributed by atoms with E-state index in [1.165, 1.54) is 12.8 Å². The molecule has 0 radical (unpaired) electrons. The number of likely N-dealkylation sites (tertiary alicyclic amines) is 1. The van der Waals surface area contributed by atoms with Crippen LogP contribution in [0.3, 0.4) is 0 Å². The van der Waals surface area contributed by atoms with Gasteiger partial charge < -0.3 is 15.3 Å². The zero-order valence-corrected chi connectivity index (χ0v) is 10.8. The van der Waals surface area contributed by atoms with Crippen LogP contribution in [0.5, 0.6) is 0 Å². The van der Waals surface area contributed by atoms with Crippen molar-refractivity contribution in [2.45, 2.75) is 30.8 Å². The molecule has 5 heteroatoms. The van der Waals surface area contributed by atoms with Gasteiger partial charge in [-0.25, -0.2) is 0 Å². The number of carbonyl (C=O) groups is 1. The van der Waals surface area contributed by atoms with Crippen molar-refractivity contribution in [1.82, 2.24) is 15.1 Å². The minimum Gasteiger partial charge on any atom is -0.481 e. The maximum Gasteiger partial charge on any atom is 0.305 e. The smallest absolute Gasteiger partial charge is 0.305 e. The summed E-state index contributed by atoms with van der Waals surface area (Å²) < 4.78 is 0. The van der Waals surface area contributed by atoms with Crippen molar-refractivity contribution in [2.75, 3.05) is 40.3 Å². The molecule has 5 nitrogen and oxygen atoms in total. The zero-order valence-electron chi connectivity index (χ0n) is 10.8. The number of carboxylic acids is 1. The molecule has 2 N–H and O–H groups in total. The summed E-state index contributed by atoms with van der Waals surface area (Å²) in [5.41, 5.74) is -0.124. The van der Waals surface area contributed by atoms with Crippen LogP contribution in [0.25, 0.3) is 0 Å². The van der Waals surface area contributed by atoms with Crippen LogP contribution in [-0.2, 0) is 4.79 Å². The summed E-state index contributed by atoms with van der Waals surface area (Å²) >= 11 is 0. The molecule has 98 valence electrons. The summed E-state index contributed by atoms with van der Waals surface area (Å²) in [6, 6.07) is 0.565. The van der Waals surface area contributed by atoms with Gasteiger partial charge in [-0.05, 0) is 33.5 Å². The summed E-state index contributed by atoms with van der Waals surface area (Å²) in [4.78, 5) is 15.7. The van der Waals surface area contributed by atoms with E-state index in [4.69, 9.17) is 5.11 Å². The van der Waals surface area contributed by atoms with E-state index >= 15 is 0 Å². The van der Waals surface area contributed by atoms with Gasteiger partial charge in [0.25, 0.3) is 0 Å². The topological polar surface area (TPSA) is 55.8 Å². The van der Waals surface area contributed by atoms with E-state index < -0.39 is 5.97 Å². The van der Waals surface area contributed by atoms with Gasteiger partial charge in [0.15, 0.2) is 0 Å². The molecule has 0 aromatic rings. The summed E-state index contributed by atoms with van der Waals surface area (Å²) in [6.45, 7) is 3.68. The molecule has 2 rings (SSSR count). The largest absolute Gasteiger partial charge is 0.481 e. The summed E-state index contributed by atoms with van der Waals surface area (Å²) in [5, 5.41) is 12.3. The zero-order chi connectivity index (χ0) is 12.5. The van der Waals surface area contributed by atoms with Crippen LogP contribution < -0.4 is 5.32 Å². The third-order valence-electron chi connectivity index (χ3n) is 4.19. The first kappa shape index (κ1) is 12.8. The number of nitrogens with zero attached hydrogens (tertiary/aromatic N) is 2. The third kappa shape index (κ3) is 2.61. The first-order valence-electron chi connectivity index (χ1n) is 6.37. The van der Waals surface area contributed by atoms with Gasteiger partial charge in [-0.3, -0.25) is 9.69 Å². The summed E-state index contributed by atoms with van der Waals surface area (Å²) in [7, 11) is 4.22. The summed E-state index contributed by atoms with van der Waals surface area (Å²) in [5.74, 6) is -0.682. The Morgan fingerprint density at radius 3 is 2.71 bits per heavy atom. The van der Waals surface area contributed by atoms with E-state index in [-0.39, 0.29) is 12.0 Å². The molecule has 2 heterocycles. The highest BCUT2D eigenvalue weighted by Gasteiger charge is 2.45. The Balaban J connectivity index is 2.01. The highest BCUT2D eigenvalue weighted by Crippen LogP contribution is 2.29. The molecule has 1 atom stereocenters. The lowest BCUT2D eigenvalue weighted by Gasteiger charge is -2.53. The second-order valence-corrected chi connectivity index (χ2v) is 5.60. The monoisotopic (exact) mass is 241 g/mol. The number of piperidine rings is 1. The Morgan fingerprint density at radius 1 is 1.53 bits per heavy atom. The third-order valence-corrected chi connectivity index (χ3v) is 4.19. The SMILES string of the molecule is CN(C)C1CCCN(C2(CC(=O)O)CNC2)C1. The van der Waals surface area contributed by atoms with E-state index in [1.807, 2.05) is 0 Å². The fourth-order valence-corrected chi connectivity index (χ4v) is 2.96. The molecule has 2 aliphatic heterocycles. The molecule has 0 aromatic heterocycles. The van der Waals surface area contributed by atoms with Gasteiger partial charge in [0.1, 0.15) is 0 Å². The number of carboxylic acid groups (broad SMARTS) is 1. The number of nitrogens with one attached hydrogen (secondary N) is 1. The number of hydrogen-bond donors (Lipinski definition) is 2. The maximum absolute atomic E-state index is 11.0. The van der Waals surface area contributed by atoms with Gasteiger partial charge in [0, 0.05) is 25.7 Å².